The van der Waals surface area contributed by atoms with Crippen molar-refractivity contribution in [3.8, 4) is 0 Å². The van der Waals surface area contributed by atoms with Gasteiger partial charge in [-0.25, -0.2) is 4.39 Å². The molecule has 0 bridgehead atoms. The van der Waals surface area contributed by atoms with Gasteiger partial charge in [0.25, 0.3) is 0 Å². The zero-order valence-electron chi connectivity index (χ0n) is 16.6. The Morgan fingerprint density at radius 1 is 0.935 bits per heavy atom. The number of rotatable bonds is 8. The van der Waals surface area contributed by atoms with Gasteiger partial charge in [-0.15, -0.1) is 0 Å². The Hall–Kier alpha value is -3.75. The minimum absolute atomic E-state index is 0.0731. The van der Waals surface area contributed by atoms with Crippen LogP contribution in [-0.2, 0) is 32.0 Å². The number of halogens is 1. The van der Waals surface area contributed by atoms with E-state index in [9.17, 15) is 23.6 Å². The van der Waals surface area contributed by atoms with Crippen molar-refractivity contribution in [2.75, 3.05) is 0 Å². The Morgan fingerprint density at radius 3 is 2.19 bits per heavy atom. The van der Waals surface area contributed by atoms with E-state index in [1.165, 1.54) is 24.3 Å². The fourth-order valence-electron chi connectivity index (χ4n) is 3.33. The summed E-state index contributed by atoms with van der Waals surface area (Å²) in [4.78, 5) is 48.9. The summed E-state index contributed by atoms with van der Waals surface area (Å²) < 4.78 is 13.0. The van der Waals surface area contributed by atoms with Gasteiger partial charge in [0.1, 0.15) is 23.9 Å². The van der Waals surface area contributed by atoms with Gasteiger partial charge in [-0.2, -0.15) is 0 Å². The van der Waals surface area contributed by atoms with E-state index < -0.39 is 41.7 Å². The minimum atomic E-state index is -1.06. The molecule has 0 radical (unpaired) electrons. The van der Waals surface area contributed by atoms with Crippen LogP contribution < -0.4 is 21.7 Å². The maximum Gasteiger partial charge on any atom is 0.243 e. The second-order valence-electron chi connectivity index (χ2n) is 7.37. The number of hydrogen-bond donors (Lipinski definition) is 4. The standard InChI is InChI=1S/C22H23FN4O4/c23-15-8-6-14(7-9-15)10-16(20(24)29)25-19(28)12-18-22(31)26-17(21(30)27-18)11-13-4-2-1-3-5-13/h1-9,16-18H,10-12H2,(H2,24,29)(H,25,28)(H,26,31)(H,27,30)/t16-,17+,18+/m1/s1. The average Bonchev–Trinajstić information content (AvgIpc) is 2.73. The number of benzene rings is 2. The second-order valence-corrected chi connectivity index (χ2v) is 7.37. The van der Waals surface area contributed by atoms with E-state index in [0.29, 0.717) is 12.0 Å². The first-order valence-corrected chi connectivity index (χ1v) is 9.79. The molecule has 1 saturated heterocycles. The fourth-order valence-corrected chi connectivity index (χ4v) is 3.33. The van der Waals surface area contributed by atoms with Crippen molar-refractivity contribution in [3.63, 3.8) is 0 Å². The topological polar surface area (TPSA) is 130 Å². The van der Waals surface area contributed by atoms with Crippen molar-refractivity contribution in [2.45, 2.75) is 37.4 Å². The van der Waals surface area contributed by atoms with Crippen molar-refractivity contribution < 1.29 is 23.6 Å². The summed E-state index contributed by atoms with van der Waals surface area (Å²) in [6.07, 6.45) is 0.0608. The molecule has 0 unspecified atom stereocenters. The molecule has 3 rings (SSSR count). The van der Waals surface area contributed by atoms with Crippen LogP contribution in [0.15, 0.2) is 54.6 Å². The molecule has 9 heteroatoms. The number of hydrogen-bond acceptors (Lipinski definition) is 4. The Kier molecular flexibility index (Phi) is 6.96. The lowest BCUT2D eigenvalue weighted by atomic mass is 10.0. The number of carbonyl (C=O) groups is 4. The molecule has 2 aromatic carbocycles. The van der Waals surface area contributed by atoms with Crippen molar-refractivity contribution in [1.29, 1.82) is 0 Å². The second kappa shape index (κ2) is 9.84. The van der Waals surface area contributed by atoms with Gasteiger partial charge in [0.05, 0.1) is 6.42 Å². The number of nitrogens with one attached hydrogen (secondary N) is 3. The van der Waals surface area contributed by atoms with Gasteiger partial charge in [0, 0.05) is 12.8 Å². The predicted octanol–water partition coefficient (Wildman–Crippen LogP) is -0.0457. The predicted molar refractivity (Wildman–Crippen MR) is 110 cm³/mol. The highest BCUT2D eigenvalue weighted by molar-refractivity contribution is 5.99. The van der Waals surface area contributed by atoms with Gasteiger partial charge >= 0.3 is 0 Å². The van der Waals surface area contributed by atoms with E-state index in [4.69, 9.17) is 5.73 Å². The highest BCUT2D eigenvalue weighted by Gasteiger charge is 2.35. The summed E-state index contributed by atoms with van der Waals surface area (Å²) in [7, 11) is 0. The average molecular weight is 426 g/mol. The third-order valence-electron chi connectivity index (χ3n) is 4.97. The Bertz CT molecular complexity index is 965. The highest BCUT2D eigenvalue weighted by atomic mass is 19.1. The Labute approximate surface area is 178 Å². The molecule has 0 saturated carbocycles. The van der Waals surface area contributed by atoms with Crippen LogP contribution in [0.2, 0.25) is 0 Å². The van der Waals surface area contributed by atoms with Crippen LogP contribution in [0, 0.1) is 5.82 Å². The van der Waals surface area contributed by atoms with Crippen LogP contribution in [0.25, 0.3) is 0 Å². The molecular weight excluding hydrogens is 403 g/mol. The summed E-state index contributed by atoms with van der Waals surface area (Å²) in [5, 5.41) is 7.66. The van der Waals surface area contributed by atoms with Gasteiger partial charge < -0.3 is 21.7 Å². The van der Waals surface area contributed by atoms with E-state index in [1.807, 2.05) is 30.3 Å². The minimum Gasteiger partial charge on any atom is -0.368 e. The lowest BCUT2D eigenvalue weighted by Gasteiger charge is -2.29. The van der Waals surface area contributed by atoms with Gasteiger partial charge in [-0.3, -0.25) is 19.2 Å². The smallest absolute Gasteiger partial charge is 0.243 e. The molecule has 8 nitrogen and oxygen atoms in total. The molecule has 31 heavy (non-hydrogen) atoms. The first-order valence-electron chi connectivity index (χ1n) is 9.79. The number of amides is 4. The molecule has 5 N–H and O–H groups in total. The molecule has 162 valence electrons. The first kappa shape index (κ1) is 21.9. The van der Waals surface area contributed by atoms with E-state index in [-0.39, 0.29) is 18.7 Å². The summed E-state index contributed by atoms with van der Waals surface area (Å²) in [6, 6.07) is 11.9. The van der Waals surface area contributed by atoms with E-state index >= 15 is 0 Å². The van der Waals surface area contributed by atoms with Crippen LogP contribution in [-0.4, -0.2) is 41.8 Å². The third-order valence-corrected chi connectivity index (χ3v) is 4.97. The normalized spacial score (nSPS) is 19.1. The maximum absolute atomic E-state index is 13.0. The van der Waals surface area contributed by atoms with Crippen LogP contribution >= 0.6 is 0 Å². The molecule has 3 atom stereocenters. The van der Waals surface area contributed by atoms with Gasteiger partial charge in [-0.1, -0.05) is 42.5 Å². The lowest BCUT2D eigenvalue weighted by molar-refractivity contribution is -0.138. The molecule has 0 spiro atoms. The maximum atomic E-state index is 13.0. The van der Waals surface area contributed by atoms with Crippen LogP contribution in [0.5, 0.6) is 0 Å². The van der Waals surface area contributed by atoms with E-state index in [0.717, 1.165) is 5.56 Å². The fraction of sp³-hybridized carbons (Fsp3) is 0.273. The third kappa shape index (κ3) is 6.11. The Balaban J connectivity index is 1.55. The first-order chi connectivity index (χ1) is 14.8. The summed E-state index contributed by atoms with van der Waals surface area (Å²) in [6.45, 7) is 0. The van der Waals surface area contributed by atoms with Crippen molar-refractivity contribution in [3.05, 3.63) is 71.5 Å². The molecule has 1 aliphatic heterocycles. The molecule has 1 fully saturated rings. The summed E-state index contributed by atoms with van der Waals surface area (Å²) in [5.74, 6) is -2.68. The monoisotopic (exact) mass is 426 g/mol. The van der Waals surface area contributed by atoms with Crippen molar-refractivity contribution in [2.24, 2.45) is 5.73 Å². The highest BCUT2D eigenvalue weighted by Crippen LogP contribution is 2.10. The number of nitrogens with two attached hydrogens (primary N) is 1. The summed E-state index contributed by atoms with van der Waals surface area (Å²) in [5.41, 5.74) is 6.86. The van der Waals surface area contributed by atoms with Gasteiger partial charge in [0.2, 0.25) is 23.6 Å². The van der Waals surface area contributed by atoms with Crippen molar-refractivity contribution >= 4 is 23.6 Å². The molecule has 1 aliphatic rings. The van der Waals surface area contributed by atoms with Crippen LogP contribution in [0.4, 0.5) is 4.39 Å². The van der Waals surface area contributed by atoms with Crippen LogP contribution in [0.1, 0.15) is 17.5 Å². The molecular formula is C22H23FN4O4. The Morgan fingerprint density at radius 2 is 1.55 bits per heavy atom. The van der Waals surface area contributed by atoms with Crippen LogP contribution in [0.3, 0.4) is 0 Å². The molecule has 4 amide bonds. The number of primary amides is 1. The number of piperazine rings is 1. The van der Waals surface area contributed by atoms with Gasteiger partial charge in [0.15, 0.2) is 0 Å². The molecule has 2 aromatic rings. The molecule has 0 aromatic heterocycles. The summed E-state index contributed by atoms with van der Waals surface area (Å²) >= 11 is 0. The van der Waals surface area contributed by atoms with Crippen molar-refractivity contribution in [1.82, 2.24) is 16.0 Å². The molecule has 0 aliphatic carbocycles. The van der Waals surface area contributed by atoms with E-state index in [1.54, 1.807) is 0 Å². The zero-order valence-corrected chi connectivity index (χ0v) is 16.6. The molecule has 1 heterocycles. The SMILES string of the molecule is NC(=O)[C@@H](Cc1ccc(F)cc1)NC(=O)C[C@@H]1NC(=O)[C@H](Cc2ccccc2)NC1=O. The number of carbonyl (C=O) groups excluding carboxylic acids is 4. The van der Waals surface area contributed by atoms with E-state index in [2.05, 4.69) is 16.0 Å². The van der Waals surface area contributed by atoms with Gasteiger partial charge in [-0.05, 0) is 23.3 Å². The zero-order chi connectivity index (χ0) is 22.4. The lowest BCUT2D eigenvalue weighted by Crippen LogP contribution is -2.63. The quantitative estimate of drug-likeness (QED) is 0.472. The largest absolute Gasteiger partial charge is 0.368 e.